The SMILES string of the molecule is CCn1ccc(C(=O)N2CC(C)C(O)(C3CCC3)C2)cc1=O. The molecule has 2 atom stereocenters. The van der Waals surface area contributed by atoms with Crippen molar-refractivity contribution in [3.63, 3.8) is 0 Å². The van der Waals surface area contributed by atoms with E-state index >= 15 is 0 Å². The maximum atomic E-state index is 12.6. The molecule has 120 valence electrons. The normalized spacial score (nSPS) is 28.7. The minimum Gasteiger partial charge on any atom is -0.387 e. The zero-order chi connectivity index (χ0) is 15.9. The highest BCUT2D eigenvalue weighted by Gasteiger charge is 2.51. The number of pyridine rings is 1. The molecular formula is C17H24N2O3. The number of aryl methyl sites for hydroxylation is 1. The first kappa shape index (κ1) is 15.3. The molecule has 1 aromatic rings. The summed E-state index contributed by atoms with van der Waals surface area (Å²) in [4.78, 5) is 26.2. The second-order valence-corrected chi connectivity index (χ2v) is 6.75. The van der Waals surface area contributed by atoms with Crippen LogP contribution in [0, 0.1) is 11.8 Å². The fraction of sp³-hybridized carbons (Fsp3) is 0.647. The highest BCUT2D eigenvalue weighted by Crippen LogP contribution is 2.44. The van der Waals surface area contributed by atoms with Crippen LogP contribution in [0.5, 0.6) is 0 Å². The van der Waals surface area contributed by atoms with Crippen molar-refractivity contribution in [2.45, 2.75) is 45.3 Å². The third-order valence-electron chi connectivity index (χ3n) is 5.47. The van der Waals surface area contributed by atoms with E-state index in [0.29, 0.717) is 31.1 Å². The van der Waals surface area contributed by atoms with E-state index in [0.717, 1.165) is 12.8 Å². The van der Waals surface area contributed by atoms with Crippen molar-refractivity contribution in [1.29, 1.82) is 0 Å². The molecule has 1 N–H and O–H groups in total. The van der Waals surface area contributed by atoms with Gasteiger partial charge in [0.25, 0.3) is 11.5 Å². The summed E-state index contributed by atoms with van der Waals surface area (Å²) in [6, 6.07) is 3.09. The Labute approximate surface area is 130 Å². The number of hydrogen-bond donors (Lipinski definition) is 1. The summed E-state index contributed by atoms with van der Waals surface area (Å²) in [5.74, 6) is 0.244. The summed E-state index contributed by atoms with van der Waals surface area (Å²) in [5.41, 5.74) is -0.499. The third kappa shape index (κ3) is 2.37. The number of aromatic nitrogens is 1. The number of aliphatic hydroxyl groups is 1. The van der Waals surface area contributed by atoms with Gasteiger partial charge in [-0.05, 0) is 31.7 Å². The van der Waals surface area contributed by atoms with Gasteiger partial charge < -0.3 is 14.6 Å². The lowest BCUT2D eigenvalue weighted by atomic mass is 9.69. The van der Waals surface area contributed by atoms with Gasteiger partial charge in [-0.3, -0.25) is 9.59 Å². The first-order valence-electron chi connectivity index (χ1n) is 8.18. The van der Waals surface area contributed by atoms with Crippen LogP contribution in [0.2, 0.25) is 0 Å². The minimum atomic E-state index is -0.758. The van der Waals surface area contributed by atoms with E-state index < -0.39 is 5.60 Å². The molecule has 5 heteroatoms. The van der Waals surface area contributed by atoms with Gasteiger partial charge in [0.1, 0.15) is 0 Å². The van der Waals surface area contributed by atoms with Crippen molar-refractivity contribution in [2.75, 3.05) is 13.1 Å². The van der Waals surface area contributed by atoms with Crippen molar-refractivity contribution >= 4 is 5.91 Å². The van der Waals surface area contributed by atoms with Gasteiger partial charge in [-0.15, -0.1) is 0 Å². The molecule has 5 nitrogen and oxygen atoms in total. The first-order valence-corrected chi connectivity index (χ1v) is 8.18. The van der Waals surface area contributed by atoms with E-state index in [1.165, 1.54) is 12.5 Å². The molecule has 2 aliphatic rings. The molecule has 22 heavy (non-hydrogen) atoms. The Morgan fingerprint density at radius 3 is 2.73 bits per heavy atom. The van der Waals surface area contributed by atoms with Crippen molar-refractivity contribution in [3.05, 3.63) is 34.2 Å². The molecule has 1 saturated carbocycles. The molecule has 2 heterocycles. The number of nitrogens with zero attached hydrogens (tertiary/aromatic N) is 2. The summed E-state index contributed by atoms with van der Waals surface area (Å²) in [5, 5.41) is 10.9. The van der Waals surface area contributed by atoms with Crippen LogP contribution in [-0.4, -0.2) is 39.2 Å². The average Bonchev–Trinajstić information content (AvgIpc) is 2.72. The molecular weight excluding hydrogens is 280 g/mol. The van der Waals surface area contributed by atoms with Crippen molar-refractivity contribution < 1.29 is 9.90 Å². The molecule has 1 aromatic heterocycles. The molecule has 2 unspecified atom stereocenters. The largest absolute Gasteiger partial charge is 0.387 e. The molecule has 1 aliphatic carbocycles. The Kier molecular flexibility index (Phi) is 3.85. The summed E-state index contributed by atoms with van der Waals surface area (Å²) >= 11 is 0. The van der Waals surface area contributed by atoms with Gasteiger partial charge >= 0.3 is 0 Å². The van der Waals surface area contributed by atoms with Gasteiger partial charge in [0, 0.05) is 36.8 Å². The Balaban J connectivity index is 1.78. The Morgan fingerprint density at radius 2 is 2.18 bits per heavy atom. The molecule has 1 amide bonds. The second kappa shape index (κ2) is 5.54. The van der Waals surface area contributed by atoms with E-state index in [1.807, 2.05) is 13.8 Å². The molecule has 0 spiro atoms. The van der Waals surface area contributed by atoms with Crippen molar-refractivity contribution in [2.24, 2.45) is 11.8 Å². The van der Waals surface area contributed by atoms with Gasteiger partial charge in [0.05, 0.1) is 12.1 Å². The maximum absolute atomic E-state index is 12.6. The van der Waals surface area contributed by atoms with Crippen LogP contribution in [0.4, 0.5) is 0 Å². The zero-order valence-electron chi connectivity index (χ0n) is 13.3. The van der Waals surface area contributed by atoms with E-state index in [1.54, 1.807) is 21.7 Å². The molecule has 0 radical (unpaired) electrons. The van der Waals surface area contributed by atoms with Crippen molar-refractivity contribution in [1.82, 2.24) is 9.47 Å². The lowest BCUT2D eigenvalue weighted by molar-refractivity contribution is -0.0660. The highest BCUT2D eigenvalue weighted by molar-refractivity contribution is 5.94. The molecule has 1 aliphatic heterocycles. The van der Waals surface area contributed by atoms with E-state index in [2.05, 4.69) is 0 Å². The van der Waals surface area contributed by atoms with Gasteiger partial charge in [-0.1, -0.05) is 13.3 Å². The average molecular weight is 304 g/mol. The van der Waals surface area contributed by atoms with Crippen LogP contribution in [0.3, 0.4) is 0 Å². The van der Waals surface area contributed by atoms with E-state index in [-0.39, 0.29) is 17.4 Å². The fourth-order valence-electron chi connectivity index (χ4n) is 3.69. The molecule has 0 aromatic carbocycles. The number of rotatable bonds is 3. The summed E-state index contributed by atoms with van der Waals surface area (Å²) in [6.45, 7) is 5.44. The van der Waals surface area contributed by atoms with E-state index in [4.69, 9.17) is 0 Å². The fourth-order valence-corrected chi connectivity index (χ4v) is 3.69. The summed E-state index contributed by atoms with van der Waals surface area (Å²) < 4.78 is 1.56. The third-order valence-corrected chi connectivity index (χ3v) is 5.47. The lowest BCUT2D eigenvalue weighted by Gasteiger charge is -2.41. The van der Waals surface area contributed by atoms with Crippen LogP contribution >= 0.6 is 0 Å². The van der Waals surface area contributed by atoms with Crippen LogP contribution in [0.1, 0.15) is 43.5 Å². The van der Waals surface area contributed by atoms with Crippen LogP contribution < -0.4 is 5.56 Å². The Morgan fingerprint density at radius 1 is 1.45 bits per heavy atom. The Hall–Kier alpha value is -1.62. The monoisotopic (exact) mass is 304 g/mol. The van der Waals surface area contributed by atoms with E-state index in [9.17, 15) is 14.7 Å². The number of hydrogen-bond acceptors (Lipinski definition) is 3. The highest BCUT2D eigenvalue weighted by atomic mass is 16.3. The number of likely N-dealkylation sites (tertiary alicyclic amines) is 1. The quantitative estimate of drug-likeness (QED) is 0.920. The number of carbonyl (C=O) groups excluding carboxylic acids is 1. The number of amides is 1. The van der Waals surface area contributed by atoms with Gasteiger partial charge in [-0.2, -0.15) is 0 Å². The minimum absolute atomic E-state index is 0.0813. The summed E-state index contributed by atoms with van der Waals surface area (Å²) in [7, 11) is 0. The molecule has 1 saturated heterocycles. The molecule has 2 fully saturated rings. The van der Waals surface area contributed by atoms with Crippen LogP contribution in [-0.2, 0) is 6.54 Å². The summed E-state index contributed by atoms with van der Waals surface area (Å²) in [6.07, 6.45) is 4.93. The zero-order valence-corrected chi connectivity index (χ0v) is 13.3. The van der Waals surface area contributed by atoms with Gasteiger partial charge in [0.2, 0.25) is 0 Å². The second-order valence-electron chi connectivity index (χ2n) is 6.75. The lowest BCUT2D eigenvalue weighted by Crippen LogP contribution is -2.48. The standard InChI is InChI=1S/C17H24N2O3/c1-3-18-8-7-13(9-15(18)20)16(21)19-10-12(2)17(22,11-19)14-5-4-6-14/h7-9,12,14,22H,3-6,10-11H2,1-2H3. The van der Waals surface area contributed by atoms with Gasteiger partial charge in [0.15, 0.2) is 0 Å². The smallest absolute Gasteiger partial charge is 0.254 e. The number of β-amino-alcohol motifs (C(OH)–C–C–N with tert-alkyl or cyclic N) is 1. The van der Waals surface area contributed by atoms with Crippen molar-refractivity contribution in [3.8, 4) is 0 Å². The molecule has 0 bridgehead atoms. The first-order chi connectivity index (χ1) is 10.5. The predicted octanol–water partition coefficient (Wildman–Crippen LogP) is 1.49. The maximum Gasteiger partial charge on any atom is 0.254 e. The predicted molar refractivity (Wildman–Crippen MR) is 83.7 cm³/mol. The topological polar surface area (TPSA) is 62.5 Å². The number of carbonyl (C=O) groups is 1. The molecule has 3 rings (SSSR count). The van der Waals surface area contributed by atoms with Gasteiger partial charge in [-0.25, -0.2) is 0 Å². The van der Waals surface area contributed by atoms with Crippen LogP contribution in [0.25, 0.3) is 0 Å². The van der Waals surface area contributed by atoms with Crippen LogP contribution in [0.15, 0.2) is 23.1 Å². The Bertz CT molecular complexity index is 635.